The van der Waals surface area contributed by atoms with Crippen LogP contribution in [0.25, 0.3) is 10.9 Å². The van der Waals surface area contributed by atoms with Gasteiger partial charge in [-0.3, -0.25) is 10.1 Å². The molecule has 1 aliphatic heterocycles. The Kier molecular flexibility index (Phi) is 4.60. The van der Waals surface area contributed by atoms with Gasteiger partial charge in [-0.05, 0) is 59.5 Å². The first-order valence-corrected chi connectivity index (χ1v) is 9.12. The predicted octanol–water partition coefficient (Wildman–Crippen LogP) is 5.20. The highest BCUT2D eigenvalue weighted by molar-refractivity contribution is 9.10. The molecule has 0 saturated carbocycles. The maximum absolute atomic E-state index is 10.7. The monoisotopic (exact) mass is 417 g/mol. The van der Waals surface area contributed by atoms with Crippen LogP contribution in [0.5, 0.6) is 11.5 Å². The van der Waals surface area contributed by atoms with Gasteiger partial charge in [-0.25, -0.2) is 4.68 Å². The first kappa shape index (κ1) is 17.0. The molecular formula is C18H16BrN3O4. The van der Waals surface area contributed by atoms with Crippen LogP contribution in [0.3, 0.4) is 0 Å². The number of hydrogen-bond acceptors (Lipinski definition) is 5. The van der Waals surface area contributed by atoms with Gasteiger partial charge in [0, 0.05) is 24.1 Å². The van der Waals surface area contributed by atoms with Gasteiger partial charge in [-0.1, -0.05) is 0 Å². The summed E-state index contributed by atoms with van der Waals surface area (Å²) in [6.07, 6.45) is 4.94. The van der Waals surface area contributed by atoms with Crippen LogP contribution in [0, 0.1) is 10.1 Å². The van der Waals surface area contributed by atoms with Crippen molar-refractivity contribution in [3.8, 4) is 11.5 Å². The normalized spacial score (nSPS) is 17.3. The van der Waals surface area contributed by atoms with E-state index in [2.05, 4.69) is 21.0 Å². The van der Waals surface area contributed by atoms with E-state index in [1.165, 1.54) is 12.1 Å². The number of nitro groups is 1. The molecule has 0 aliphatic carbocycles. The highest BCUT2D eigenvalue weighted by Gasteiger charge is 2.19. The van der Waals surface area contributed by atoms with E-state index in [1.54, 1.807) is 18.3 Å². The second kappa shape index (κ2) is 7.05. The minimum atomic E-state index is -0.437. The van der Waals surface area contributed by atoms with Gasteiger partial charge in [-0.2, -0.15) is 5.10 Å². The largest absolute Gasteiger partial charge is 0.456 e. The van der Waals surface area contributed by atoms with Crippen LogP contribution in [0.15, 0.2) is 47.1 Å². The number of nitrogens with zero attached hydrogens (tertiary/aromatic N) is 3. The van der Waals surface area contributed by atoms with Crippen LogP contribution in [0.4, 0.5) is 5.69 Å². The number of hydrogen-bond donors (Lipinski definition) is 0. The average molecular weight is 418 g/mol. The lowest BCUT2D eigenvalue weighted by molar-refractivity contribution is -0.384. The van der Waals surface area contributed by atoms with Gasteiger partial charge < -0.3 is 9.47 Å². The third-order valence-electron chi connectivity index (χ3n) is 4.35. The quantitative estimate of drug-likeness (QED) is 0.430. The Labute approximate surface area is 157 Å². The molecule has 0 N–H and O–H groups in total. The number of halogens is 1. The number of ether oxygens (including phenoxy) is 2. The van der Waals surface area contributed by atoms with Gasteiger partial charge in [-0.15, -0.1) is 0 Å². The second-order valence-electron chi connectivity index (χ2n) is 6.10. The molecule has 8 heteroatoms. The Bertz CT molecular complexity index is 949. The van der Waals surface area contributed by atoms with Gasteiger partial charge in [0.1, 0.15) is 11.5 Å². The highest BCUT2D eigenvalue weighted by atomic mass is 79.9. The van der Waals surface area contributed by atoms with Gasteiger partial charge in [0.05, 0.1) is 21.1 Å². The van der Waals surface area contributed by atoms with Crippen molar-refractivity contribution in [1.29, 1.82) is 0 Å². The third kappa shape index (κ3) is 3.30. The zero-order chi connectivity index (χ0) is 18.1. The molecule has 134 valence electrons. The van der Waals surface area contributed by atoms with Crippen molar-refractivity contribution < 1.29 is 14.4 Å². The number of nitro benzene ring substituents is 1. The van der Waals surface area contributed by atoms with Crippen LogP contribution in [0.1, 0.15) is 25.5 Å². The molecule has 1 atom stereocenters. The van der Waals surface area contributed by atoms with Crippen molar-refractivity contribution in [1.82, 2.24) is 9.78 Å². The highest BCUT2D eigenvalue weighted by Crippen LogP contribution is 2.36. The molecule has 3 aromatic rings. The van der Waals surface area contributed by atoms with E-state index in [4.69, 9.17) is 9.47 Å². The fourth-order valence-corrected chi connectivity index (χ4v) is 3.45. The van der Waals surface area contributed by atoms with E-state index < -0.39 is 4.92 Å². The summed E-state index contributed by atoms with van der Waals surface area (Å²) in [7, 11) is 0. The van der Waals surface area contributed by atoms with Crippen LogP contribution < -0.4 is 4.74 Å². The van der Waals surface area contributed by atoms with Crippen molar-refractivity contribution in [2.24, 2.45) is 0 Å². The topological polar surface area (TPSA) is 79.4 Å². The van der Waals surface area contributed by atoms with Crippen LogP contribution in [-0.2, 0) is 4.74 Å². The molecule has 0 spiro atoms. The zero-order valence-electron chi connectivity index (χ0n) is 13.8. The number of fused-ring (bicyclic) bond motifs is 1. The summed E-state index contributed by atoms with van der Waals surface area (Å²) in [4.78, 5) is 10.3. The van der Waals surface area contributed by atoms with Crippen molar-refractivity contribution in [2.75, 3.05) is 6.61 Å². The first-order valence-electron chi connectivity index (χ1n) is 8.32. The molecule has 1 aliphatic rings. The first-order chi connectivity index (χ1) is 12.6. The fourth-order valence-electron chi connectivity index (χ4n) is 3.03. The summed E-state index contributed by atoms with van der Waals surface area (Å²) < 4.78 is 14.4. The second-order valence-corrected chi connectivity index (χ2v) is 6.96. The van der Waals surface area contributed by atoms with Gasteiger partial charge >= 0.3 is 0 Å². The molecule has 0 amide bonds. The van der Waals surface area contributed by atoms with Crippen LogP contribution >= 0.6 is 15.9 Å². The van der Waals surface area contributed by atoms with Crippen molar-refractivity contribution >= 4 is 32.5 Å². The average Bonchev–Trinajstić information content (AvgIpc) is 3.06. The SMILES string of the molecule is O=[N+]([O-])c1ccc(Oc2cc3cnn(C4CCCCO4)c3cc2Br)cc1. The predicted molar refractivity (Wildman–Crippen MR) is 99.4 cm³/mol. The molecule has 0 radical (unpaired) electrons. The van der Waals surface area contributed by atoms with Crippen molar-refractivity contribution in [3.05, 3.63) is 57.2 Å². The smallest absolute Gasteiger partial charge is 0.269 e. The van der Waals surface area contributed by atoms with E-state index in [0.29, 0.717) is 11.5 Å². The summed E-state index contributed by atoms with van der Waals surface area (Å²) in [5.74, 6) is 1.15. The number of rotatable bonds is 4. The zero-order valence-corrected chi connectivity index (χ0v) is 15.4. The van der Waals surface area contributed by atoms with Gasteiger partial charge in [0.15, 0.2) is 6.23 Å². The molecule has 1 fully saturated rings. The number of aromatic nitrogens is 2. The Morgan fingerprint density at radius 1 is 1.27 bits per heavy atom. The van der Waals surface area contributed by atoms with Gasteiger partial charge in [0.25, 0.3) is 5.69 Å². The Morgan fingerprint density at radius 2 is 2.08 bits per heavy atom. The number of non-ortho nitro benzene ring substituents is 1. The summed E-state index contributed by atoms with van der Waals surface area (Å²) in [6, 6.07) is 9.84. The lowest BCUT2D eigenvalue weighted by Gasteiger charge is -2.23. The lowest BCUT2D eigenvalue weighted by Crippen LogP contribution is -2.18. The summed E-state index contributed by atoms with van der Waals surface area (Å²) in [6.45, 7) is 0.758. The number of benzene rings is 2. The van der Waals surface area contributed by atoms with Crippen LogP contribution in [-0.4, -0.2) is 21.3 Å². The fraction of sp³-hybridized carbons (Fsp3) is 0.278. The minimum Gasteiger partial charge on any atom is -0.456 e. The summed E-state index contributed by atoms with van der Waals surface area (Å²) >= 11 is 3.54. The van der Waals surface area contributed by atoms with E-state index in [0.717, 1.165) is 41.2 Å². The molecule has 26 heavy (non-hydrogen) atoms. The Balaban J connectivity index is 1.62. The van der Waals surface area contributed by atoms with E-state index in [1.807, 2.05) is 16.8 Å². The molecule has 7 nitrogen and oxygen atoms in total. The molecule has 2 aromatic carbocycles. The van der Waals surface area contributed by atoms with E-state index in [9.17, 15) is 10.1 Å². The van der Waals surface area contributed by atoms with E-state index in [-0.39, 0.29) is 11.9 Å². The molecular weight excluding hydrogens is 402 g/mol. The Hall–Kier alpha value is -2.45. The molecule has 4 rings (SSSR count). The molecule has 1 unspecified atom stereocenters. The van der Waals surface area contributed by atoms with Crippen LogP contribution in [0.2, 0.25) is 0 Å². The maximum Gasteiger partial charge on any atom is 0.269 e. The Morgan fingerprint density at radius 3 is 2.77 bits per heavy atom. The third-order valence-corrected chi connectivity index (χ3v) is 4.97. The molecule has 2 heterocycles. The lowest BCUT2D eigenvalue weighted by atomic mass is 10.2. The summed E-state index contributed by atoms with van der Waals surface area (Å²) in [5, 5.41) is 16.2. The molecule has 1 saturated heterocycles. The van der Waals surface area contributed by atoms with E-state index >= 15 is 0 Å². The summed E-state index contributed by atoms with van der Waals surface area (Å²) in [5.41, 5.74) is 1.00. The maximum atomic E-state index is 10.7. The standard InChI is InChI=1S/C18H16BrN3O4/c19-15-10-16-12(11-20-21(16)18-3-1-2-8-25-18)9-17(15)26-14-6-4-13(5-7-14)22(23)24/h4-7,9-11,18H,1-3,8H2. The van der Waals surface area contributed by atoms with Gasteiger partial charge in [0.2, 0.25) is 0 Å². The van der Waals surface area contributed by atoms with Crippen molar-refractivity contribution in [3.63, 3.8) is 0 Å². The molecule has 0 bridgehead atoms. The minimum absolute atomic E-state index is 0.0284. The van der Waals surface area contributed by atoms with Crippen molar-refractivity contribution in [2.45, 2.75) is 25.5 Å². The molecule has 1 aromatic heterocycles.